The van der Waals surface area contributed by atoms with Crippen molar-refractivity contribution in [1.29, 1.82) is 0 Å². The average Bonchev–Trinajstić information content (AvgIpc) is 2.85. The Bertz CT molecular complexity index is 631. The Morgan fingerprint density at radius 2 is 1.96 bits per heavy atom. The summed E-state index contributed by atoms with van der Waals surface area (Å²) in [7, 11) is 0. The van der Waals surface area contributed by atoms with E-state index in [9.17, 15) is 4.79 Å². The quantitative estimate of drug-likeness (QED) is 0.837. The molecule has 1 amide bonds. The molecule has 1 aromatic rings. The molecule has 4 saturated carbocycles. The second-order valence-corrected chi connectivity index (χ2v) is 9.72. The fourth-order valence-electron chi connectivity index (χ4n) is 6.95. The van der Waals surface area contributed by atoms with Crippen molar-refractivity contribution in [3.05, 3.63) is 18.0 Å². The first-order chi connectivity index (χ1) is 11.3. The zero-order chi connectivity index (χ0) is 17.0. The Labute approximate surface area is 145 Å². The molecule has 1 aromatic heterocycles. The van der Waals surface area contributed by atoms with Crippen LogP contribution in [-0.4, -0.2) is 22.2 Å². The van der Waals surface area contributed by atoms with Crippen LogP contribution in [0.2, 0.25) is 0 Å². The molecule has 0 radical (unpaired) electrons. The van der Waals surface area contributed by atoms with Gasteiger partial charge in [-0.1, -0.05) is 13.8 Å². The van der Waals surface area contributed by atoms with Crippen molar-refractivity contribution in [3.8, 4) is 0 Å². The molecule has 4 bridgehead atoms. The first-order valence-electron chi connectivity index (χ1n) is 9.58. The largest absolute Gasteiger partial charge is 0.356 e. The van der Waals surface area contributed by atoms with Crippen LogP contribution in [0.4, 0.5) is 0 Å². The van der Waals surface area contributed by atoms with Gasteiger partial charge in [0.15, 0.2) is 0 Å². The number of hydrogen-bond donors (Lipinski definition) is 1. The number of nitrogens with zero attached hydrogens (tertiary/aromatic N) is 2. The summed E-state index contributed by atoms with van der Waals surface area (Å²) in [5, 5.41) is 7.59. The summed E-state index contributed by atoms with van der Waals surface area (Å²) in [5.74, 6) is 1.11. The van der Waals surface area contributed by atoms with Crippen LogP contribution in [0.25, 0.3) is 0 Å². The van der Waals surface area contributed by atoms with Crippen LogP contribution < -0.4 is 5.32 Å². The maximum Gasteiger partial charge on any atom is 0.226 e. The predicted octanol–water partition coefficient (Wildman–Crippen LogP) is 3.69. The minimum Gasteiger partial charge on any atom is -0.356 e. The van der Waals surface area contributed by atoms with E-state index in [1.807, 2.05) is 16.9 Å². The highest BCUT2D eigenvalue weighted by atomic mass is 16.2. The lowest BCUT2D eigenvalue weighted by molar-refractivity contribution is -0.170. The fraction of sp³-hybridized carbons (Fsp3) is 0.800. The lowest BCUT2D eigenvalue weighted by Crippen LogP contribution is -2.59. The van der Waals surface area contributed by atoms with Crippen LogP contribution >= 0.6 is 0 Å². The summed E-state index contributed by atoms with van der Waals surface area (Å²) in [4.78, 5) is 13.1. The zero-order valence-corrected chi connectivity index (χ0v) is 15.4. The third kappa shape index (κ3) is 2.68. The van der Waals surface area contributed by atoms with Gasteiger partial charge in [0.05, 0.1) is 5.41 Å². The molecular formula is C20H31N3O. The Morgan fingerprint density at radius 3 is 2.54 bits per heavy atom. The van der Waals surface area contributed by atoms with Crippen molar-refractivity contribution in [3.63, 3.8) is 0 Å². The van der Waals surface area contributed by atoms with E-state index in [0.717, 1.165) is 44.7 Å². The van der Waals surface area contributed by atoms with Crippen LogP contribution in [0, 0.1) is 29.1 Å². The fourth-order valence-corrected chi connectivity index (χ4v) is 6.95. The van der Waals surface area contributed by atoms with E-state index in [1.165, 1.54) is 25.0 Å². The van der Waals surface area contributed by atoms with Crippen molar-refractivity contribution >= 4 is 5.91 Å². The van der Waals surface area contributed by atoms with Gasteiger partial charge >= 0.3 is 0 Å². The van der Waals surface area contributed by atoms with Gasteiger partial charge < -0.3 is 5.32 Å². The highest BCUT2D eigenvalue weighted by Crippen LogP contribution is 2.69. The van der Waals surface area contributed by atoms with E-state index in [4.69, 9.17) is 0 Å². The maximum atomic E-state index is 13.1. The highest BCUT2D eigenvalue weighted by Gasteiger charge is 2.62. The number of aryl methyl sites for hydroxylation is 2. The summed E-state index contributed by atoms with van der Waals surface area (Å²) in [5.41, 5.74) is 1.91. The van der Waals surface area contributed by atoms with E-state index >= 15 is 0 Å². The third-order valence-corrected chi connectivity index (χ3v) is 6.87. The SMILES string of the molecule is Cc1ccnn1CCCNC(=O)C12CC3CC(C)(CC(C)(C3)C1)C2. The monoisotopic (exact) mass is 329 g/mol. The van der Waals surface area contributed by atoms with Crippen molar-refractivity contribution < 1.29 is 4.79 Å². The molecule has 1 heterocycles. The van der Waals surface area contributed by atoms with Gasteiger partial charge in [0.25, 0.3) is 0 Å². The molecule has 1 N–H and O–H groups in total. The predicted molar refractivity (Wildman–Crippen MR) is 94.4 cm³/mol. The number of aromatic nitrogens is 2. The van der Waals surface area contributed by atoms with Gasteiger partial charge in [0.2, 0.25) is 5.91 Å². The van der Waals surface area contributed by atoms with Crippen molar-refractivity contribution in [2.75, 3.05) is 6.54 Å². The maximum absolute atomic E-state index is 13.1. The molecule has 4 aliphatic rings. The summed E-state index contributed by atoms with van der Waals surface area (Å²) in [6, 6.07) is 2.02. The second kappa shape index (κ2) is 5.34. The van der Waals surface area contributed by atoms with Crippen molar-refractivity contribution in [2.24, 2.45) is 22.2 Å². The first kappa shape index (κ1) is 16.2. The summed E-state index contributed by atoms with van der Waals surface area (Å²) >= 11 is 0. The van der Waals surface area contributed by atoms with E-state index in [-0.39, 0.29) is 5.41 Å². The molecule has 4 heteroatoms. The topological polar surface area (TPSA) is 46.9 Å². The van der Waals surface area contributed by atoms with E-state index in [2.05, 4.69) is 31.2 Å². The molecule has 0 spiro atoms. The van der Waals surface area contributed by atoms with Crippen LogP contribution in [0.1, 0.15) is 64.5 Å². The van der Waals surface area contributed by atoms with Crippen LogP contribution in [0.3, 0.4) is 0 Å². The molecule has 2 atom stereocenters. The molecule has 4 aliphatic carbocycles. The molecule has 4 fully saturated rings. The summed E-state index contributed by atoms with van der Waals surface area (Å²) in [6.07, 6.45) is 10.1. The summed E-state index contributed by atoms with van der Waals surface area (Å²) in [6.45, 7) is 8.57. The van der Waals surface area contributed by atoms with Gasteiger partial charge in [0.1, 0.15) is 0 Å². The Balaban J connectivity index is 1.37. The average molecular weight is 329 g/mol. The van der Waals surface area contributed by atoms with Crippen molar-refractivity contribution in [1.82, 2.24) is 15.1 Å². The molecule has 0 aliphatic heterocycles. The standard InChI is InChI=1S/C20H31N3O/c1-15-5-7-22-23(15)8-4-6-21-17(24)20-11-16-9-18(2,13-20)12-19(3,10-16)14-20/h5,7,16H,4,6,8-14H2,1-3H3,(H,21,24). The van der Waals surface area contributed by atoms with Gasteiger partial charge in [-0.05, 0) is 74.7 Å². The molecule has 132 valence electrons. The van der Waals surface area contributed by atoms with E-state index < -0.39 is 0 Å². The van der Waals surface area contributed by atoms with Gasteiger partial charge in [-0.3, -0.25) is 9.48 Å². The Hall–Kier alpha value is -1.32. The minimum absolute atomic E-state index is 0.0788. The molecule has 2 unspecified atom stereocenters. The van der Waals surface area contributed by atoms with Gasteiger partial charge in [-0.2, -0.15) is 5.10 Å². The second-order valence-electron chi connectivity index (χ2n) is 9.72. The lowest BCUT2D eigenvalue weighted by atomic mass is 9.40. The summed E-state index contributed by atoms with van der Waals surface area (Å²) < 4.78 is 2.01. The van der Waals surface area contributed by atoms with Gasteiger partial charge in [-0.15, -0.1) is 0 Å². The number of amides is 1. The Kier molecular flexibility index (Phi) is 3.59. The molecule has 0 aromatic carbocycles. The molecule has 5 rings (SSSR count). The highest BCUT2D eigenvalue weighted by molar-refractivity contribution is 5.83. The normalized spacial score (nSPS) is 40.0. The van der Waals surface area contributed by atoms with E-state index in [1.54, 1.807) is 0 Å². The van der Waals surface area contributed by atoms with E-state index in [0.29, 0.717) is 16.7 Å². The molecule has 24 heavy (non-hydrogen) atoms. The first-order valence-corrected chi connectivity index (χ1v) is 9.58. The minimum atomic E-state index is -0.0788. The Morgan fingerprint density at radius 1 is 1.25 bits per heavy atom. The number of carbonyl (C=O) groups is 1. The number of carbonyl (C=O) groups excluding carboxylic acids is 1. The lowest BCUT2D eigenvalue weighted by Gasteiger charge is -2.64. The van der Waals surface area contributed by atoms with Gasteiger partial charge in [-0.25, -0.2) is 0 Å². The van der Waals surface area contributed by atoms with Gasteiger partial charge in [0, 0.05) is 25.0 Å². The molecule has 4 nitrogen and oxygen atoms in total. The smallest absolute Gasteiger partial charge is 0.226 e. The van der Waals surface area contributed by atoms with Crippen molar-refractivity contribution in [2.45, 2.75) is 72.3 Å². The number of rotatable bonds is 5. The zero-order valence-electron chi connectivity index (χ0n) is 15.4. The number of hydrogen-bond acceptors (Lipinski definition) is 2. The molecular weight excluding hydrogens is 298 g/mol. The van der Waals surface area contributed by atoms with Crippen LogP contribution in [0.5, 0.6) is 0 Å². The van der Waals surface area contributed by atoms with Crippen LogP contribution in [-0.2, 0) is 11.3 Å². The third-order valence-electron chi connectivity index (χ3n) is 6.87. The molecule has 0 saturated heterocycles. The number of nitrogens with one attached hydrogen (secondary N) is 1. The van der Waals surface area contributed by atoms with Crippen LogP contribution in [0.15, 0.2) is 12.3 Å².